The highest BCUT2D eigenvalue weighted by Gasteiger charge is 2.28. The highest BCUT2D eigenvalue weighted by molar-refractivity contribution is 7.18. The Morgan fingerprint density at radius 1 is 1.16 bits per heavy atom. The Bertz CT molecular complexity index is 1050. The minimum Gasteiger partial charge on any atom is -0.386 e. The number of ether oxygens (including phenoxy) is 1. The summed E-state index contributed by atoms with van der Waals surface area (Å²) in [6.45, 7) is 5.50. The van der Waals surface area contributed by atoms with Gasteiger partial charge in [-0.15, -0.1) is 0 Å². The molecule has 1 saturated heterocycles. The summed E-state index contributed by atoms with van der Waals surface area (Å²) in [5, 5.41) is 21.7. The molecular weight excluding hydrogens is 428 g/mol. The van der Waals surface area contributed by atoms with Crippen LogP contribution < -0.4 is 10.6 Å². The average molecular weight is 459 g/mol. The van der Waals surface area contributed by atoms with Gasteiger partial charge in [0, 0.05) is 38.4 Å². The molecule has 2 fully saturated rings. The number of nitrogens with zero attached hydrogens (tertiary/aromatic N) is 6. The highest BCUT2D eigenvalue weighted by Crippen LogP contribution is 2.33. The molecule has 11 heteroatoms. The maximum absolute atomic E-state index is 10.0. The minimum atomic E-state index is -0.638. The van der Waals surface area contributed by atoms with Crippen LogP contribution in [0.4, 0.5) is 17.5 Å². The molecular formula is C21H30N8O2S. The number of hydrogen-bond donors (Lipinski definition) is 3. The van der Waals surface area contributed by atoms with Crippen molar-refractivity contribution in [3.8, 4) is 0 Å². The van der Waals surface area contributed by atoms with E-state index in [1.165, 1.54) is 24.2 Å². The van der Waals surface area contributed by atoms with E-state index >= 15 is 0 Å². The number of thiazole rings is 1. The molecule has 0 radical (unpaired) electrons. The molecule has 0 amide bonds. The van der Waals surface area contributed by atoms with Gasteiger partial charge < -0.3 is 20.5 Å². The van der Waals surface area contributed by atoms with Crippen molar-refractivity contribution in [2.45, 2.75) is 50.8 Å². The molecule has 0 spiro atoms. The number of aryl methyl sites for hydroxylation is 1. The lowest BCUT2D eigenvalue weighted by Crippen LogP contribution is -2.46. The van der Waals surface area contributed by atoms with Gasteiger partial charge in [-0.05, 0) is 32.6 Å². The molecule has 32 heavy (non-hydrogen) atoms. The molecule has 1 saturated carbocycles. The van der Waals surface area contributed by atoms with Crippen LogP contribution in [0.25, 0.3) is 10.3 Å². The van der Waals surface area contributed by atoms with Crippen LogP contribution in [-0.2, 0) is 11.8 Å². The van der Waals surface area contributed by atoms with E-state index in [4.69, 9.17) is 9.72 Å². The Morgan fingerprint density at radius 2 is 1.94 bits per heavy atom. The van der Waals surface area contributed by atoms with Crippen LogP contribution in [0.5, 0.6) is 0 Å². The molecule has 1 aliphatic heterocycles. The third-order valence-corrected chi connectivity index (χ3v) is 7.31. The number of aromatic nitrogens is 5. The van der Waals surface area contributed by atoms with Crippen LogP contribution in [0.2, 0.25) is 0 Å². The first kappa shape index (κ1) is 21.5. The molecule has 0 aromatic carbocycles. The van der Waals surface area contributed by atoms with Gasteiger partial charge in [0.15, 0.2) is 10.6 Å². The zero-order chi connectivity index (χ0) is 22.1. The topological polar surface area (TPSA) is 113 Å². The molecule has 10 nitrogen and oxygen atoms in total. The number of aliphatic hydroxyl groups excluding tert-OH is 1. The predicted molar refractivity (Wildman–Crippen MR) is 124 cm³/mol. The van der Waals surface area contributed by atoms with Gasteiger partial charge in [0.1, 0.15) is 16.6 Å². The molecule has 3 aromatic rings. The zero-order valence-electron chi connectivity index (χ0n) is 18.5. The first-order valence-electron chi connectivity index (χ1n) is 11.3. The fourth-order valence-electron chi connectivity index (χ4n) is 4.51. The van der Waals surface area contributed by atoms with E-state index < -0.39 is 6.10 Å². The Labute approximate surface area is 191 Å². The molecule has 1 unspecified atom stereocenters. The molecule has 2 aliphatic rings. The van der Waals surface area contributed by atoms with E-state index in [1.807, 2.05) is 13.2 Å². The van der Waals surface area contributed by atoms with Crippen molar-refractivity contribution in [1.29, 1.82) is 0 Å². The molecule has 0 bridgehead atoms. The second-order valence-electron chi connectivity index (χ2n) is 8.60. The van der Waals surface area contributed by atoms with Crippen molar-refractivity contribution in [2.75, 3.05) is 36.9 Å². The lowest BCUT2D eigenvalue weighted by molar-refractivity contribution is 0.00791. The van der Waals surface area contributed by atoms with Crippen molar-refractivity contribution in [1.82, 2.24) is 29.6 Å². The number of anilines is 3. The van der Waals surface area contributed by atoms with E-state index in [0.717, 1.165) is 61.0 Å². The van der Waals surface area contributed by atoms with Crippen molar-refractivity contribution >= 4 is 39.1 Å². The maximum atomic E-state index is 10.0. The van der Waals surface area contributed by atoms with Crippen molar-refractivity contribution in [2.24, 2.45) is 7.05 Å². The van der Waals surface area contributed by atoms with E-state index in [1.54, 1.807) is 17.8 Å². The number of hydrogen-bond acceptors (Lipinski definition) is 10. The van der Waals surface area contributed by atoms with Crippen LogP contribution in [0.1, 0.15) is 43.7 Å². The van der Waals surface area contributed by atoms with Gasteiger partial charge in [0.05, 0.1) is 25.1 Å². The molecule has 1 atom stereocenters. The second-order valence-corrected chi connectivity index (χ2v) is 9.61. The Morgan fingerprint density at radius 3 is 2.62 bits per heavy atom. The van der Waals surface area contributed by atoms with Crippen LogP contribution in [0, 0.1) is 0 Å². The van der Waals surface area contributed by atoms with E-state index in [2.05, 4.69) is 30.6 Å². The molecule has 4 heterocycles. The van der Waals surface area contributed by atoms with Gasteiger partial charge in [0.25, 0.3) is 0 Å². The summed E-state index contributed by atoms with van der Waals surface area (Å²) in [6.07, 6.45) is 7.49. The Kier molecular flexibility index (Phi) is 6.22. The number of aliphatic hydroxyl groups is 1. The summed E-state index contributed by atoms with van der Waals surface area (Å²) < 4.78 is 7.23. The quantitative estimate of drug-likeness (QED) is 0.513. The summed E-state index contributed by atoms with van der Waals surface area (Å²) in [6, 6.07) is 0.986. The molecule has 3 aromatic heterocycles. The first-order chi connectivity index (χ1) is 15.5. The summed E-state index contributed by atoms with van der Waals surface area (Å²) in [5.74, 6) is 1.22. The van der Waals surface area contributed by atoms with Crippen molar-refractivity contribution < 1.29 is 9.84 Å². The molecule has 172 valence electrons. The van der Waals surface area contributed by atoms with Crippen molar-refractivity contribution in [3.63, 3.8) is 0 Å². The SMILES string of the molecule is CC(O)c1nc2c(NC3CCC(N4CCOCC4)CC3)nc(Nc3cnn(C)c3)nc2s1. The third kappa shape index (κ3) is 4.70. The predicted octanol–water partition coefficient (Wildman–Crippen LogP) is 2.67. The van der Waals surface area contributed by atoms with Crippen LogP contribution in [0.15, 0.2) is 12.4 Å². The largest absolute Gasteiger partial charge is 0.386 e. The van der Waals surface area contributed by atoms with Gasteiger partial charge in [-0.3, -0.25) is 9.58 Å². The van der Waals surface area contributed by atoms with Crippen LogP contribution in [0.3, 0.4) is 0 Å². The van der Waals surface area contributed by atoms with Gasteiger partial charge in [-0.25, -0.2) is 4.98 Å². The summed E-state index contributed by atoms with van der Waals surface area (Å²) in [4.78, 5) is 17.3. The van der Waals surface area contributed by atoms with Crippen LogP contribution in [-0.4, -0.2) is 73.1 Å². The maximum Gasteiger partial charge on any atom is 0.230 e. The Balaban J connectivity index is 1.34. The normalized spacial score (nSPS) is 23.3. The highest BCUT2D eigenvalue weighted by atomic mass is 32.1. The third-order valence-electron chi connectivity index (χ3n) is 6.19. The van der Waals surface area contributed by atoms with Crippen molar-refractivity contribution in [3.05, 3.63) is 17.4 Å². The van der Waals surface area contributed by atoms with Gasteiger partial charge >= 0.3 is 0 Å². The minimum absolute atomic E-state index is 0.341. The van der Waals surface area contributed by atoms with Gasteiger partial charge in [0.2, 0.25) is 5.95 Å². The average Bonchev–Trinajstić information content (AvgIpc) is 3.41. The molecule has 1 aliphatic carbocycles. The van der Waals surface area contributed by atoms with E-state index in [9.17, 15) is 5.11 Å². The smallest absolute Gasteiger partial charge is 0.230 e. The summed E-state index contributed by atoms with van der Waals surface area (Å²) in [5.41, 5.74) is 1.54. The van der Waals surface area contributed by atoms with Gasteiger partial charge in [-0.1, -0.05) is 11.3 Å². The zero-order valence-corrected chi connectivity index (χ0v) is 19.3. The monoisotopic (exact) mass is 458 g/mol. The van der Waals surface area contributed by atoms with E-state index in [0.29, 0.717) is 23.0 Å². The lowest BCUT2D eigenvalue weighted by atomic mass is 9.90. The fraction of sp³-hybridized carbons (Fsp3) is 0.619. The van der Waals surface area contributed by atoms with Gasteiger partial charge in [-0.2, -0.15) is 15.1 Å². The molecule has 5 rings (SSSR count). The Hall–Kier alpha value is -2.34. The summed E-state index contributed by atoms with van der Waals surface area (Å²) >= 11 is 1.40. The first-order valence-corrected chi connectivity index (χ1v) is 12.1. The van der Waals surface area contributed by atoms with E-state index in [-0.39, 0.29) is 0 Å². The standard InChI is InChI=1S/C21H30N8O2S/c1-13(30)19-25-17-18(23-14-3-5-16(6-4-14)29-7-9-31-10-8-29)26-21(27-20(17)32-19)24-15-11-22-28(2)12-15/h11-14,16,30H,3-10H2,1-2H3,(H2,23,24,26,27). The number of rotatable bonds is 6. The second kappa shape index (κ2) is 9.26. The number of nitrogens with one attached hydrogen (secondary N) is 2. The number of morpholine rings is 1. The molecule has 3 N–H and O–H groups in total. The number of fused-ring (bicyclic) bond motifs is 1. The summed E-state index contributed by atoms with van der Waals surface area (Å²) in [7, 11) is 1.87. The van der Waals surface area contributed by atoms with Crippen LogP contribution >= 0.6 is 11.3 Å². The fourth-order valence-corrected chi connectivity index (χ4v) is 5.39. The lowest BCUT2D eigenvalue weighted by Gasteiger charge is -2.39.